The fourth-order valence-electron chi connectivity index (χ4n) is 2.50. The number of hydrogen-bond acceptors (Lipinski definition) is 6. The minimum atomic E-state index is -2.88. The first-order chi connectivity index (χ1) is 9.37. The lowest BCUT2D eigenvalue weighted by atomic mass is 9.79. The van der Waals surface area contributed by atoms with E-state index in [1.54, 1.807) is 12.2 Å². The van der Waals surface area contributed by atoms with Crippen LogP contribution in [0.25, 0.3) is 0 Å². The van der Waals surface area contributed by atoms with Crippen molar-refractivity contribution in [3.63, 3.8) is 0 Å². The van der Waals surface area contributed by atoms with Crippen molar-refractivity contribution >= 4 is 17.7 Å². The molecule has 1 saturated carbocycles. The van der Waals surface area contributed by atoms with Gasteiger partial charge < -0.3 is 20.1 Å². The monoisotopic (exact) mass is 284 g/mol. The van der Waals surface area contributed by atoms with Gasteiger partial charge in [-0.3, -0.25) is 9.59 Å². The third-order valence-corrected chi connectivity index (χ3v) is 3.74. The Morgan fingerprint density at radius 3 is 2.60 bits per heavy atom. The van der Waals surface area contributed by atoms with Crippen LogP contribution in [0.5, 0.6) is 0 Å². The van der Waals surface area contributed by atoms with Gasteiger partial charge in [0.05, 0.1) is 12.0 Å². The maximum atomic E-state index is 11.9. The topological polar surface area (TPSA) is 121 Å². The third-order valence-electron chi connectivity index (χ3n) is 3.74. The molecule has 0 aliphatic heterocycles. The van der Waals surface area contributed by atoms with Crippen molar-refractivity contribution in [2.75, 3.05) is 0 Å². The number of aliphatic carboxylic acids is 1. The Morgan fingerprint density at radius 2 is 2.05 bits per heavy atom. The SMILES string of the molecule is O=C(OC1C(O)CCC(=O)C1(O)C(=O)O)C1C=CCC1. The molecule has 2 aliphatic rings. The number of rotatable bonds is 3. The van der Waals surface area contributed by atoms with E-state index in [4.69, 9.17) is 9.84 Å². The summed E-state index contributed by atoms with van der Waals surface area (Å²) in [5, 5.41) is 28.9. The van der Waals surface area contributed by atoms with Crippen molar-refractivity contribution in [2.24, 2.45) is 5.92 Å². The maximum absolute atomic E-state index is 11.9. The van der Waals surface area contributed by atoms with Gasteiger partial charge in [-0.05, 0) is 19.3 Å². The summed E-state index contributed by atoms with van der Waals surface area (Å²) in [6, 6.07) is 0. The smallest absolute Gasteiger partial charge is 0.347 e. The van der Waals surface area contributed by atoms with Crippen LogP contribution in [0, 0.1) is 5.92 Å². The molecular formula is C13H16O7. The Balaban J connectivity index is 2.20. The summed E-state index contributed by atoms with van der Waals surface area (Å²) in [7, 11) is 0. The molecule has 0 aromatic heterocycles. The van der Waals surface area contributed by atoms with E-state index in [9.17, 15) is 24.6 Å². The van der Waals surface area contributed by atoms with E-state index in [0.717, 1.165) is 0 Å². The number of allylic oxidation sites excluding steroid dienone is 1. The molecule has 2 rings (SSSR count). The summed E-state index contributed by atoms with van der Waals surface area (Å²) in [5.74, 6) is -4.05. The van der Waals surface area contributed by atoms with Crippen LogP contribution in [-0.4, -0.2) is 50.9 Å². The highest BCUT2D eigenvalue weighted by molar-refractivity contribution is 6.08. The number of ether oxygens (including phenoxy) is 1. The van der Waals surface area contributed by atoms with Crippen molar-refractivity contribution < 1.29 is 34.4 Å². The van der Waals surface area contributed by atoms with Crippen LogP contribution in [-0.2, 0) is 19.1 Å². The van der Waals surface area contributed by atoms with Gasteiger partial charge in [0.1, 0.15) is 0 Å². The number of carbonyl (C=O) groups is 3. The second-order valence-electron chi connectivity index (χ2n) is 5.07. The summed E-state index contributed by atoms with van der Waals surface area (Å²) < 4.78 is 4.94. The third kappa shape index (κ3) is 2.34. The number of aliphatic hydroxyl groups excluding tert-OH is 1. The van der Waals surface area contributed by atoms with Crippen LogP contribution >= 0.6 is 0 Å². The Hall–Kier alpha value is -1.73. The molecule has 0 aromatic carbocycles. The largest absolute Gasteiger partial charge is 0.479 e. The van der Waals surface area contributed by atoms with Crippen LogP contribution in [0.2, 0.25) is 0 Å². The first kappa shape index (κ1) is 14.7. The molecule has 4 atom stereocenters. The first-order valence-corrected chi connectivity index (χ1v) is 6.41. The number of ketones is 1. The number of esters is 1. The maximum Gasteiger partial charge on any atom is 0.347 e. The van der Waals surface area contributed by atoms with Crippen molar-refractivity contribution in [3.8, 4) is 0 Å². The highest BCUT2D eigenvalue weighted by Crippen LogP contribution is 2.30. The predicted octanol–water partition coefficient (Wildman–Crippen LogP) is -0.596. The average Bonchev–Trinajstić information content (AvgIpc) is 2.92. The molecule has 0 aromatic rings. The van der Waals surface area contributed by atoms with Crippen LogP contribution in [0.15, 0.2) is 12.2 Å². The van der Waals surface area contributed by atoms with Crippen LogP contribution < -0.4 is 0 Å². The molecule has 7 nitrogen and oxygen atoms in total. The summed E-state index contributed by atoms with van der Waals surface area (Å²) in [6.07, 6.45) is 1.16. The van der Waals surface area contributed by atoms with Gasteiger partial charge in [0.2, 0.25) is 0 Å². The number of aliphatic hydroxyl groups is 2. The molecule has 4 unspecified atom stereocenters. The number of carbonyl (C=O) groups excluding carboxylic acids is 2. The predicted molar refractivity (Wildman–Crippen MR) is 64.6 cm³/mol. The van der Waals surface area contributed by atoms with E-state index >= 15 is 0 Å². The van der Waals surface area contributed by atoms with E-state index in [1.807, 2.05) is 0 Å². The number of Topliss-reactive ketones (excluding diaryl/α,β-unsaturated/α-hetero) is 1. The van der Waals surface area contributed by atoms with Crippen molar-refractivity contribution in [1.29, 1.82) is 0 Å². The molecule has 2 aliphatic carbocycles. The zero-order valence-corrected chi connectivity index (χ0v) is 10.7. The molecule has 3 N–H and O–H groups in total. The van der Waals surface area contributed by atoms with Gasteiger partial charge >= 0.3 is 11.9 Å². The average molecular weight is 284 g/mol. The molecule has 0 amide bonds. The molecule has 0 radical (unpaired) electrons. The first-order valence-electron chi connectivity index (χ1n) is 6.41. The van der Waals surface area contributed by atoms with Gasteiger partial charge in [-0.1, -0.05) is 12.2 Å². The second kappa shape index (κ2) is 5.34. The lowest BCUT2D eigenvalue weighted by molar-refractivity contribution is -0.204. The van der Waals surface area contributed by atoms with Crippen molar-refractivity contribution in [2.45, 2.75) is 43.5 Å². The van der Waals surface area contributed by atoms with Gasteiger partial charge in [-0.25, -0.2) is 4.79 Å². The van der Waals surface area contributed by atoms with Gasteiger partial charge in [0.25, 0.3) is 5.60 Å². The molecule has 1 fully saturated rings. The van der Waals surface area contributed by atoms with Crippen LogP contribution in [0.3, 0.4) is 0 Å². The summed E-state index contributed by atoms with van der Waals surface area (Å²) in [5.41, 5.74) is -2.88. The normalized spacial score (nSPS) is 36.9. The highest BCUT2D eigenvalue weighted by atomic mass is 16.6. The molecule has 20 heavy (non-hydrogen) atoms. The minimum Gasteiger partial charge on any atom is -0.479 e. The van der Waals surface area contributed by atoms with E-state index in [-0.39, 0.29) is 12.8 Å². The Bertz CT molecular complexity index is 469. The van der Waals surface area contributed by atoms with Gasteiger partial charge in [-0.15, -0.1) is 0 Å². The highest BCUT2D eigenvalue weighted by Gasteiger charge is 2.58. The van der Waals surface area contributed by atoms with Gasteiger partial charge in [0, 0.05) is 6.42 Å². The van der Waals surface area contributed by atoms with Gasteiger partial charge in [-0.2, -0.15) is 0 Å². The lowest BCUT2D eigenvalue weighted by Gasteiger charge is -2.37. The number of carboxylic acid groups (broad SMARTS) is 1. The van der Waals surface area contributed by atoms with Crippen molar-refractivity contribution in [3.05, 3.63) is 12.2 Å². The van der Waals surface area contributed by atoms with Crippen molar-refractivity contribution in [1.82, 2.24) is 0 Å². The molecule has 0 heterocycles. The lowest BCUT2D eigenvalue weighted by Crippen LogP contribution is -2.64. The molecule has 110 valence electrons. The fraction of sp³-hybridized carbons (Fsp3) is 0.615. The Morgan fingerprint density at radius 1 is 1.35 bits per heavy atom. The van der Waals surface area contributed by atoms with E-state index < -0.39 is 41.4 Å². The molecule has 0 saturated heterocycles. The molecule has 0 bridgehead atoms. The summed E-state index contributed by atoms with van der Waals surface area (Å²) in [4.78, 5) is 34.7. The quantitative estimate of drug-likeness (QED) is 0.359. The van der Waals surface area contributed by atoms with Gasteiger partial charge in [0.15, 0.2) is 11.9 Å². The summed E-state index contributed by atoms with van der Waals surface area (Å²) >= 11 is 0. The van der Waals surface area contributed by atoms with E-state index in [2.05, 4.69) is 0 Å². The minimum absolute atomic E-state index is 0.0487. The van der Waals surface area contributed by atoms with Crippen LogP contribution in [0.4, 0.5) is 0 Å². The Labute approximate surface area is 114 Å². The molecular weight excluding hydrogens is 268 g/mol. The zero-order chi connectivity index (χ0) is 14.9. The second-order valence-corrected chi connectivity index (χ2v) is 5.07. The Kier molecular flexibility index (Phi) is 3.92. The number of hydrogen-bond donors (Lipinski definition) is 3. The van der Waals surface area contributed by atoms with E-state index in [0.29, 0.717) is 12.8 Å². The zero-order valence-electron chi connectivity index (χ0n) is 10.7. The number of carboxylic acids is 1. The van der Waals surface area contributed by atoms with E-state index in [1.165, 1.54) is 0 Å². The fourth-order valence-corrected chi connectivity index (χ4v) is 2.50. The van der Waals surface area contributed by atoms with Crippen LogP contribution in [0.1, 0.15) is 25.7 Å². The molecule has 7 heteroatoms. The summed E-state index contributed by atoms with van der Waals surface area (Å²) in [6.45, 7) is 0. The standard InChI is InChI=1S/C13H16O7/c14-8-5-6-9(15)13(19,12(17)18)10(8)20-11(16)7-3-1-2-4-7/h1,3,7-8,10,14,19H,2,4-6H2,(H,17,18). The molecule has 0 spiro atoms.